The zero-order valence-corrected chi connectivity index (χ0v) is 12.3. The van der Waals surface area contributed by atoms with Crippen LogP contribution in [0.3, 0.4) is 0 Å². The van der Waals surface area contributed by atoms with Crippen LogP contribution in [0, 0.1) is 11.3 Å². The predicted molar refractivity (Wildman–Crippen MR) is 73.7 cm³/mol. The first-order valence-corrected chi connectivity index (χ1v) is 6.74. The predicted octanol–water partition coefficient (Wildman–Crippen LogP) is 2.69. The summed E-state index contributed by atoms with van der Waals surface area (Å²) in [7, 11) is 0. The van der Waals surface area contributed by atoms with Gasteiger partial charge in [-0.2, -0.15) is 0 Å². The van der Waals surface area contributed by atoms with E-state index in [1.54, 1.807) is 0 Å². The van der Waals surface area contributed by atoms with E-state index in [1.807, 2.05) is 6.92 Å². The minimum atomic E-state index is -0.389. The van der Waals surface area contributed by atoms with Crippen LogP contribution < -0.4 is 11.1 Å². The average molecular weight is 242 g/mol. The summed E-state index contributed by atoms with van der Waals surface area (Å²) in [4.78, 5) is 11.9. The first kappa shape index (κ1) is 16.4. The molecule has 0 spiro atoms. The molecule has 102 valence electrons. The number of nitrogens with two attached hydrogens (primary N) is 1. The van der Waals surface area contributed by atoms with Gasteiger partial charge >= 0.3 is 0 Å². The number of amides is 1. The first-order valence-electron chi connectivity index (χ1n) is 6.74. The third-order valence-electron chi connectivity index (χ3n) is 3.28. The molecule has 0 aromatic rings. The minimum absolute atomic E-state index is 0.0142. The fourth-order valence-electron chi connectivity index (χ4n) is 1.95. The molecule has 0 heterocycles. The molecule has 17 heavy (non-hydrogen) atoms. The van der Waals surface area contributed by atoms with Gasteiger partial charge in [0.25, 0.3) is 0 Å². The smallest absolute Gasteiger partial charge is 0.237 e. The normalized spacial score (nSPS) is 15.8. The summed E-state index contributed by atoms with van der Waals surface area (Å²) in [5.74, 6) is 0.577. The third-order valence-corrected chi connectivity index (χ3v) is 3.28. The fourth-order valence-corrected chi connectivity index (χ4v) is 1.95. The van der Waals surface area contributed by atoms with E-state index in [0.29, 0.717) is 5.92 Å². The lowest BCUT2D eigenvalue weighted by molar-refractivity contribution is -0.123. The second-order valence-corrected chi connectivity index (χ2v) is 6.37. The lowest BCUT2D eigenvalue weighted by Gasteiger charge is -2.27. The van der Waals surface area contributed by atoms with Crippen molar-refractivity contribution in [1.29, 1.82) is 0 Å². The highest BCUT2D eigenvalue weighted by Crippen LogP contribution is 2.25. The van der Waals surface area contributed by atoms with Crippen LogP contribution in [-0.2, 0) is 4.79 Å². The molecule has 0 aromatic heterocycles. The van der Waals surface area contributed by atoms with E-state index in [4.69, 9.17) is 5.73 Å². The summed E-state index contributed by atoms with van der Waals surface area (Å²) in [5.41, 5.74) is 6.08. The van der Waals surface area contributed by atoms with Crippen molar-refractivity contribution in [3.8, 4) is 0 Å². The number of nitrogens with one attached hydrogen (secondary N) is 1. The van der Waals surface area contributed by atoms with Crippen LogP contribution in [0.25, 0.3) is 0 Å². The summed E-state index contributed by atoms with van der Waals surface area (Å²) in [5, 5.41) is 2.99. The van der Waals surface area contributed by atoms with Gasteiger partial charge in [0.15, 0.2) is 0 Å². The summed E-state index contributed by atoms with van der Waals surface area (Å²) in [6.07, 6.45) is 2.77. The van der Waals surface area contributed by atoms with Crippen molar-refractivity contribution in [3.05, 3.63) is 0 Å². The molecule has 3 heteroatoms. The number of hydrogen-bond donors (Lipinski definition) is 2. The van der Waals surface area contributed by atoms with Gasteiger partial charge in [0, 0.05) is 6.04 Å². The Morgan fingerprint density at radius 3 is 2.24 bits per heavy atom. The molecule has 0 aliphatic rings. The Bertz CT molecular complexity index is 236. The van der Waals surface area contributed by atoms with E-state index in [1.165, 1.54) is 0 Å². The molecule has 1 unspecified atom stereocenters. The molecule has 0 fully saturated rings. The molecule has 0 bridgehead atoms. The Hall–Kier alpha value is -0.570. The maximum Gasteiger partial charge on any atom is 0.237 e. The van der Waals surface area contributed by atoms with E-state index < -0.39 is 0 Å². The highest BCUT2D eigenvalue weighted by molar-refractivity contribution is 5.81. The molecule has 3 nitrogen and oxygen atoms in total. The number of rotatable bonds is 7. The van der Waals surface area contributed by atoms with Crippen molar-refractivity contribution >= 4 is 5.91 Å². The lowest BCUT2D eigenvalue weighted by Crippen LogP contribution is -2.46. The van der Waals surface area contributed by atoms with Crippen LogP contribution in [0.4, 0.5) is 0 Å². The van der Waals surface area contributed by atoms with E-state index >= 15 is 0 Å². The summed E-state index contributed by atoms with van der Waals surface area (Å²) < 4.78 is 0. The Labute approximate surface area is 107 Å². The molecule has 1 amide bonds. The molecular formula is C14H30N2O. The van der Waals surface area contributed by atoms with Crippen LogP contribution in [0.15, 0.2) is 0 Å². The molecule has 0 rings (SSSR count). The minimum Gasteiger partial charge on any atom is -0.352 e. The van der Waals surface area contributed by atoms with Crippen LogP contribution in [0.5, 0.6) is 0 Å². The fraction of sp³-hybridized carbons (Fsp3) is 0.929. The SMILES string of the molecule is CCC(C)(C)CC(N)C(=O)N[C@H](C)CC(C)C. The summed E-state index contributed by atoms with van der Waals surface area (Å²) in [6.45, 7) is 12.8. The van der Waals surface area contributed by atoms with Gasteiger partial charge in [0.1, 0.15) is 0 Å². The molecule has 0 aliphatic carbocycles. The maximum absolute atomic E-state index is 11.9. The second kappa shape index (κ2) is 7.00. The first-order chi connectivity index (χ1) is 7.68. The Morgan fingerprint density at radius 1 is 1.29 bits per heavy atom. The van der Waals surface area contributed by atoms with Crippen molar-refractivity contribution in [2.45, 2.75) is 72.9 Å². The third kappa shape index (κ3) is 7.37. The molecule has 0 saturated heterocycles. The van der Waals surface area contributed by atoms with E-state index in [0.717, 1.165) is 19.3 Å². The molecular weight excluding hydrogens is 212 g/mol. The van der Waals surface area contributed by atoms with Crippen molar-refractivity contribution in [1.82, 2.24) is 5.32 Å². The molecule has 2 atom stereocenters. The van der Waals surface area contributed by atoms with Crippen LogP contribution in [-0.4, -0.2) is 18.0 Å². The monoisotopic (exact) mass is 242 g/mol. The van der Waals surface area contributed by atoms with Crippen molar-refractivity contribution in [2.24, 2.45) is 17.1 Å². The van der Waals surface area contributed by atoms with Crippen molar-refractivity contribution in [3.63, 3.8) is 0 Å². The van der Waals surface area contributed by atoms with Gasteiger partial charge in [-0.3, -0.25) is 4.79 Å². The summed E-state index contributed by atoms with van der Waals surface area (Å²) in [6, 6.07) is -0.183. The number of carbonyl (C=O) groups excluding carboxylic acids is 1. The van der Waals surface area contributed by atoms with Crippen molar-refractivity contribution in [2.75, 3.05) is 0 Å². The number of carbonyl (C=O) groups is 1. The topological polar surface area (TPSA) is 55.1 Å². The zero-order chi connectivity index (χ0) is 13.6. The van der Waals surface area contributed by atoms with E-state index in [9.17, 15) is 4.79 Å². The van der Waals surface area contributed by atoms with Crippen molar-refractivity contribution < 1.29 is 4.79 Å². The lowest BCUT2D eigenvalue weighted by atomic mass is 9.83. The van der Waals surface area contributed by atoms with E-state index in [-0.39, 0.29) is 23.4 Å². The highest BCUT2D eigenvalue weighted by Gasteiger charge is 2.24. The van der Waals surface area contributed by atoms with Crippen LogP contribution >= 0.6 is 0 Å². The van der Waals surface area contributed by atoms with Gasteiger partial charge in [-0.15, -0.1) is 0 Å². The quantitative estimate of drug-likeness (QED) is 0.721. The second-order valence-electron chi connectivity index (χ2n) is 6.37. The summed E-state index contributed by atoms with van der Waals surface area (Å²) >= 11 is 0. The standard InChI is InChI=1S/C14H30N2O/c1-7-14(5,6)9-12(15)13(17)16-11(4)8-10(2)3/h10-12H,7-9,15H2,1-6H3,(H,16,17)/t11-,12?/m1/s1. The average Bonchev–Trinajstić information content (AvgIpc) is 2.15. The number of hydrogen-bond acceptors (Lipinski definition) is 2. The van der Waals surface area contributed by atoms with Gasteiger partial charge in [0.05, 0.1) is 6.04 Å². The van der Waals surface area contributed by atoms with Gasteiger partial charge in [-0.1, -0.05) is 41.0 Å². The molecule has 0 saturated carbocycles. The maximum atomic E-state index is 11.9. The highest BCUT2D eigenvalue weighted by atomic mass is 16.2. The molecule has 0 aromatic carbocycles. The molecule has 0 aliphatic heterocycles. The van der Waals surface area contributed by atoms with Gasteiger partial charge in [0.2, 0.25) is 5.91 Å². The van der Waals surface area contributed by atoms with E-state index in [2.05, 4.69) is 39.9 Å². The van der Waals surface area contributed by atoms with Crippen LogP contribution in [0.2, 0.25) is 0 Å². The molecule has 0 radical (unpaired) electrons. The Kier molecular flexibility index (Phi) is 6.76. The zero-order valence-electron chi connectivity index (χ0n) is 12.3. The molecule has 3 N–H and O–H groups in total. The Balaban J connectivity index is 4.14. The van der Waals surface area contributed by atoms with Crippen LogP contribution in [0.1, 0.15) is 60.8 Å². The van der Waals surface area contributed by atoms with Gasteiger partial charge < -0.3 is 11.1 Å². The van der Waals surface area contributed by atoms with Gasteiger partial charge in [-0.05, 0) is 31.1 Å². The Morgan fingerprint density at radius 2 is 1.82 bits per heavy atom. The largest absolute Gasteiger partial charge is 0.352 e. The van der Waals surface area contributed by atoms with Gasteiger partial charge in [-0.25, -0.2) is 0 Å².